The highest BCUT2D eigenvalue weighted by Crippen LogP contribution is 2.09. The smallest absolute Gasteiger partial charge is 0.407 e. The van der Waals surface area contributed by atoms with Crippen molar-refractivity contribution in [1.29, 1.82) is 0 Å². The molecule has 96 valence electrons. The molecule has 0 aromatic carbocycles. The van der Waals surface area contributed by atoms with Crippen LogP contribution in [0.4, 0.5) is 4.79 Å². The lowest BCUT2D eigenvalue weighted by Gasteiger charge is -2.21. The summed E-state index contributed by atoms with van der Waals surface area (Å²) in [6, 6.07) is 0.164. The molecule has 0 aliphatic carbocycles. The molecular weight excluding hydrogens is 222 g/mol. The lowest BCUT2D eigenvalue weighted by molar-refractivity contribution is 0.0513. The fourth-order valence-corrected chi connectivity index (χ4v) is 2.15. The number of thioether (sulfide) groups is 1. The molecule has 0 rings (SSSR count). The second kappa shape index (κ2) is 7.82. The number of amides is 1. The van der Waals surface area contributed by atoms with Crippen LogP contribution in [0.5, 0.6) is 0 Å². The van der Waals surface area contributed by atoms with Crippen LogP contribution in [0.25, 0.3) is 0 Å². The monoisotopic (exact) mass is 247 g/mol. The normalized spacial score (nSPS) is 13.3. The standard InChI is InChI=1S/C12H25NO2S/c1-6-7-8-16-9-10(2)13-11(14)15-12(3,4)5/h10H,6-9H2,1-5H3,(H,13,14)/t10-/m1/s1. The Bertz CT molecular complexity index is 202. The Morgan fingerprint density at radius 3 is 2.56 bits per heavy atom. The van der Waals surface area contributed by atoms with E-state index < -0.39 is 5.60 Å². The number of nitrogens with one attached hydrogen (secondary N) is 1. The first-order chi connectivity index (χ1) is 7.35. The van der Waals surface area contributed by atoms with E-state index in [1.54, 1.807) is 0 Å². The topological polar surface area (TPSA) is 38.3 Å². The van der Waals surface area contributed by atoms with E-state index in [-0.39, 0.29) is 12.1 Å². The van der Waals surface area contributed by atoms with E-state index in [9.17, 15) is 4.79 Å². The van der Waals surface area contributed by atoms with Crippen LogP contribution in [0.3, 0.4) is 0 Å². The van der Waals surface area contributed by atoms with Crippen LogP contribution in [0.1, 0.15) is 47.5 Å². The van der Waals surface area contributed by atoms with Crippen molar-refractivity contribution < 1.29 is 9.53 Å². The van der Waals surface area contributed by atoms with Gasteiger partial charge in [0.25, 0.3) is 0 Å². The summed E-state index contributed by atoms with van der Waals surface area (Å²) in [4.78, 5) is 11.4. The Morgan fingerprint density at radius 2 is 2.06 bits per heavy atom. The average Bonchev–Trinajstić information content (AvgIpc) is 2.09. The van der Waals surface area contributed by atoms with Crippen molar-refractivity contribution >= 4 is 17.9 Å². The van der Waals surface area contributed by atoms with Crippen molar-refractivity contribution in [2.24, 2.45) is 0 Å². The summed E-state index contributed by atoms with van der Waals surface area (Å²) in [6.07, 6.45) is 2.14. The number of carbonyl (C=O) groups is 1. The third-order valence-corrected chi connectivity index (χ3v) is 3.09. The van der Waals surface area contributed by atoms with Gasteiger partial charge in [-0.1, -0.05) is 13.3 Å². The molecule has 16 heavy (non-hydrogen) atoms. The third-order valence-electron chi connectivity index (χ3n) is 1.77. The van der Waals surface area contributed by atoms with Gasteiger partial charge in [0.15, 0.2) is 0 Å². The van der Waals surface area contributed by atoms with E-state index in [0.29, 0.717) is 0 Å². The molecule has 0 fully saturated rings. The lowest BCUT2D eigenvalue weighted by Crippen LogP contribution is -2.38. The average molecular weight is 247 g/mol. The van der Waals surface area contributed by atoms with E-state index in [1.807, 2.05) is 39.5 Å². The van der Waals surface area contributed by atoms with Gasteiger partial charge in [0, 0.05) is 11.8 Å². The van der Waals surface area contributed by atoms with Crippen LogP contribution in [-0.2, 0) is 4.74 Å². The third kappa shape index (κ3) is 10.1. The first kappa shape index (κ1) is 15.6. The first-order valence-corrected chi connectivity index (χ1v) is 7.08. The highest BCUT2D eigenvalue weighted by molar-refractivity contribution is 7.99. The van der Waals surface area contributed by atoms with Crippen LogP contribution in [0.15, 0.2) is 0 Å². The summed E-state index contributed by atoms with van der Waals surface area (Å²) in [5.41, 5.74) is -0.418. The molecule has 0 unspecified atom stereocenters. The quantitative estimate of drug-likeness (QED) is 0.731. The van der Waals surface area contributed by atoms with Gasteiger partial charge in [-0.15, -0.1) is 0 Å². The van der Waals surface area contributed by atoms with Gasteiger partial charge in [-0.25, -0.2) is 4.79 Å². The molecule has 0 saturated carbocycles. The summed E-state index contributed by atoms with van der Waals surface area (Å²) >= 11 is 1.88. The van der Waals surface area contributed by atoms with Crippen molar-refractivity contribution in [3.05, 3.63) is 0 Å². The van der Waals surface area contributed by atoms with Gasteiger partial charge in [-0.2, -0.15) is 11.8 Å². The summed E-state index contributed by atoms with van der Waals surface area (Å²) in [6.45, 7) is 9.79. The second-order valence-corrected chi connectivity index (χ2v) is 6.13. The Labute approximate surface area is 104 Å². The molecule has 0 spiro atoms. The number of ether oxygens (including phenoxy) is 1. The van der Waals surface area contributed by atoms with Crippen molar-refractivity contribution in [1.82, 2.24) is 5.32 Å². The van der Waals surface area contributed by atoms with E-state index >= 15 is 0 Å². The summed E-state index contributed by atoms with van der Waals surface area (Å²) in [5, 5.41) is 2.83. The molecule has 0 radical (unpaired) electrons. The number of hydrogen-bond donors (Lipinski definition) is 1. The minimum atomic E-state index is -0.418. The predicted molar refractivity (Wildman–Crippen MR) is 71.1 cm³/mol. The molecule has 0 aliphatic rings. The van der Waals surface area contributed by atoms with Crippen molar-refractivity contribution in [3.8, 4) is 0 Å². The maximum absolute atomic E-state index is 11.4. The van der Waals surface area contributed by atoms with Crippen LogP contribution in [0.2, 0.25) is 0 Å². The van der Waals surface area contributed by atoms with Gasteiger partial charge >= 0.3 is 6.09 Å². The molecule has 3 nitrogen and oxygen atoms in total. The molecule has 0 aromatic rings. The summed E-state index contributed by atoms with van der Waals surface area (Å²) in [7, 11) is 0. The van der Waals surface area contributed by atoms with Crippen LogP contribution >= 0.6 is 11.8 Å². The summed E-state index contributed by atoms with van der Waals surface area (Å²) < 4.78 is 5.18. The molecule has 0 bridgehead atoms. The molecule has 0 aromatic heterocycles. The Morgan fingerprint density at radius 1 is 1.44 bits per heavy atom. The zero-order valence-corrected chi connectivity index (χ0v) is 11.9. The fourth-order valence-electron chi connectivity index (χ4n) is 1.06. The largest absolute Gasteiger partial charge is 0.444 e. The molecule has 0 heterocycles. The molecule has 1 N–H and O–H groups in total. The van der Waals surface area contributed by atoms with Crippen LogP contribution in [0, 0.1) is 0 Å². The minimum absolute atomic E-state index is 0.164. The van der Waals surface area contributed by atoms with E-state index in [4.69, 9.17) is 4.74 Å². The molecule has 0 aliphatic heterocycles. The molecule has 4 heteroatoms. The molecule has 1 amide bonds. The van der Waals surface area contributed by atoms with Gasteiger partial charge < -0.3 is 10.1 Å². The number of unbranched alkanes of at least 4 members (excludes halogenated alkanes) is 1. The Hall–Kier alpha value is -0.380. The second-order valence-electron chi connectivity index (χ2n) is 4.98. The summed E-state index contributed by atoms with van der Waals surface area (Å²) in [5.74, 6) is 2.11. The number of carbonyl (C=O) groups excluding carboxylic acids is 1. The van der Waals surface area contributed by atoms with Crippen molar-refractivity contribution in [2.45, 2.75) is 59.1 Å². The van der Waals surface area contributed by atoms with Gasteiger partial charge in [0.2, 0.25) is 0 Å². The number of rotatable bonds is 6. The van der Waals surface area contributed by atoms with E-state index in [2.05, 4.69) is 12.2 Å². The van der Waals surface area contributed by atoms with Crippen LogP contribution in [-0.4, -0.2) is 29.2 Å². The predicted octanol–water partition coefficient (Wildman–Crippen LogP) is 3.43. The van der Waals surface area contributed by atoms with Crippen LogP contribution < -0.4 is 5.32 Å². The molecular formula is C12H25NO2S. The Kier molecular flexibility index (Phi) is 7.64. The van der Waals surface area contributed by atoms with Crippen molar-refractivity contribution in [3.63, 3.8) is 0 Å². The Balaban J connectivity index is 3.62. The molecule has 1 atom stereocenters. The van der Waals surface area contributed by atoms with Gasteiger partial charge in [-0.3, -0.25) is 0 Å². The molecule has 0 saturated heterocycles. The SMILES string of the molecule is CCCCSC[C@@H](C)NC(=O)OC(C)(C)C. The number of hydrogen-bond acceptors (Lipinski definition) is 3. The maximum Gasteiger partial charge on any atom is 0.407 e. The zero-order valence-electron chi connectivity index (χ0n) is 11.1. The van der Waals surface area contributed by atoms with Gasteiger partial charge in [0.1, 0.15) is 5.60 Å². The number of alkyl carbamates (subject to hydrolysis) is 1. The maximum atomic E-state index is 11.4. The highest BCUT2D eigenvalue weighted by atomic mass is 32.2. The van der Waals surface area contributed by atoms with E-state index in [0.717, 1.165) is 11.5 Å². The lowest BCUT2D eigenvalue weighted by atomic mass is 10.2. The van der Waals surface area contributed by atoms with Gasteiger partial charge in [-0.05, 0) is 39.9 Å². The minimum Gasteiger partial charge on any atom is -0.444 e. The zero-order chi connectivity index (χ0) is 12.6. The van der Waals surface area contributed by atoms with Crippen molar-refractivity contribution in [2.75, 3.05) is 11.5 Å². The van der Waals surface area contributed by atoms with Gasteiger partial charge in [0.05, 0.1) is 0 Å². The first-order valence-electron chi connectivity index (χ1n) is 5.92. The van der Waals surface area contributed by atoms with E-state index in [1.165, 1.54) is 12.8 Å². The fraction of sp³-hybridized carbons (Fsp3) is 0.917. The highest BCUT2D eigenvalue weighted by Gasteiger charge is 2.17.